The van der Waals surface area contributed by atoms with Crippen LogP contribution in [0.15, 0.2) is 127 Å². The van der Waals surface area contributed by atoms with Crippen LogP contribution in [0.1, 0.15) is 25.0 Å². The molecule has 1 aliphatic heterocycles. The molecule has 0 saturated carbocycles. The average molecular weight is 600 g/mol. The Kier molecular flexibility index (Phi) is 5.34. The molecular weight excluding hydrogens is 567 g/mol. The molecule has 0 bridgehead atoms. The van der Waals surface area contributed by atoms with Gasteiger partial charge in [0.1, 0.15) is 8.07 Å². The highest BCUT2D eigenvalue weighted by Crippen LogP contribution is 2.54. The Morgan fingerprint density at radius 2 is 1.32 bits per heavy atom. The summed E-state index contributed by atoms with van der Waals surface area (Å²) in [5.74, 6) is 0. The Hall–Kier alpha value is -4.44. The fraction of sp³-hybridized carbons (Fsp3) is 0.122. The van der Waals surface area contributed by atoms with Crippen LogP contribution in [0, 0.1) is 0 Å². The van der Waals surface area contributed by atoms with Crippen molar-refractivity contribution in [2.45, 2.75) is 32.4 Å². The summed E-state index contributed by atoms with van der Waals surface area (Å²) in [7, 11) is -1.95. The maximum Gasteiger partial charge on any atom is 0.114 e. The van der Waals surface area contributed by atoms with E-state index in [0.29, 0.717) is 0 Å². The van der Waals surface area contributed by atoms with Crippen LogP contribution in [-0.4, -0.2) is 8.07 Å². The zero-order chi connectivity index (χ0) is 29.8. The first kappa shape index (κ1) is 26.0. The van der Waals surface area contributed by atoms with E-state index in [-0.39, 0.29) is 5.41 Å². The summed E-state index contributed by atoms with van der Waals surface area (Å²) in [6.07, 6.45) is 0. The first-order valence-corrected chi connectivity index (χ1v) is 19.4. The van der Waals surface area contributed by atoms with E-state index in [2.05, 4.69) is 159 Å². The zero-order valence-electron chi connectivity index (χ0n) is 25.5. The number of thiophene rings is 1. The summed E-state index contributed by atoms with van der Waals surface area (Å²) in [6, 6.07) is 47.8. The average Bonchev–Trinajstić information content (AvgIpc) is 3.62. The Labute approximate surface area is 264 Å². The van der Waals surface area contributed by atoms with Gasteiger partial charge in [-0.2, -0.15) is 0 Å². The lowest BCUT2D eigenvalue weighted by atomic mass is 9.82. The van der Waals surface area contributed by atoms with Crippen molar-refractivity contribution >= 4 is 67.0 Å². The number of fused-ring (bicyclic) bond motifs is 10. The minimum atomic E-state index is -1.95. The van der Waals surface area contributed by atoms with E-state index in [1.165, 1.54) is 75.8 Å². The fourth-order valence-corrected chi connectivity index (χ4v) is 12.5. The van der Waals surface area contributed by atoms with Gasteiger partial charge in [0.05, 0.1) is 5.69 Å². The van der Waals surface area contributed by atoms with Crippen LogP contribution < -0.4 is 15.3 Å². The van der Waals surface area contributed by atoms with Gasteiger partial charge in [0, 0.05) is 42.5 Å². The second-order valence-electron chi connectivity index (χ2n) is 13.4. The lowest BCUT2D eigenvalue weighted by molar-refractivity contribution is 0.660. The lowest BCUT2D eigenvalue weighted by Gasteiger charge is -2.30. The van der Waals surface area contributed by atoms with Gasteiger partial charge in [-0.05, 0) is 74.6 Å². The summed E-state index contributed by atoms with van der Waals surface area (Å²) in [5, 5.41) is 5.85. The summed E-state index contributed by atoms with van der Waals surface area (Å²) < 4.78 is 2.81. The maximum atomic E-state index is 2.53. The Bertz CT molecular complexity index is 2290. The highest BCUT2D eigenvalue weighted by molar-refractivity contribution is 7.26. The predicted octanol–water partition coefficient (Wildman–Crippen LogP) is 10.6. The maximum absolute atomic E-state index is 2.53. The quantitative estimate of drug-likeness (QED) is 0.183. The molecule has 9 rings (SSSR count). The van der Waals surface area contributed by atoms with Crippen molar-refractivity contribution in [1.29, 1.82) is 0 Å². The monoisotopic (exact) mass is 599 g/mol. The van der Waals surface area contributed by atoms with Crippen molar-refractivity contribution < 1.29 is 0 Å². The third kappa shape index (κ3) is 3.40. The van der Waals surface area contributed by atoms with Gasteiger partial charge in [0.2, 0.25) is 0 Å². The van der Waals surface area contributed by atoms with E-state index in [0.717, 1.165) is 0 Å². The second-order valence-corrected chi connectivity index (χ2v) is 18.7. The molecule has 0 atom stereocenters. The molecular formula is C41H33NSSi. The van der Waals surface area contributed by atoms with Crippen molar-refractivity contribution in [1.82, 2.24) is 0 Å². The summed E-state index contributed by atoms with van der Waals surface area (Å²) >= 11 is 1.95. The minimum absolute atomic E-state index is 0.0472. The van der Waals surface area contributed by atoms with Crippen LogP contribution in [0.5, 0.6) is 0 Å². The number of para-hydroxylation sites is 1. The van der Waals surface area contributed by atoms with Crippen molar-refractivity contribution in [3.05, 3.63) is 139 Å². The third-order valence-electron chi connectivity index (χ3n) is 10.3. The molecule has 0 N–H and O–H groups in total. The van der Waals surface area contributed by atoms with E-state index in [9.17, 15) is 0 Å². The number of hydrogen-bond acceptors (Lipinski definition) is 2. The summed E-state index contributed by atoms with van der Waals surface area (Å²) in [5.41, 5.74) is 12.0. The molecule has 0 radical (unpaired) electrons. The molecule has 3 heteroatoms. The smallest absolute Gasteiger partial charge is 0.114 e. The predicted molar refractivity (Wildman–Crippen MR) is 194 cm³/mol. The summed E-state index contributed by atoms with van der Waals surface area (Å²) in [6.45, 7) is 9.80. The number of hydrogen-bond donors (Lipinski definition) is 0. The molecule has 7 aromatic rings. The Balaban J connectivity index is 1.29. The van der Waals surface area contributed by atoms with Crippen LogP contribution in [0.3, 0.4) is 0 Å². The molecule has 1 aliphatic carbocycles. The van der Waals surface area contributed by atoms with Crippen molar-refractivity contribution in [3.63, 3.8) is 0 Å². The first-order valence-electron chi connectivity index (χ1n) is 15.5. The number of rotatable bonds is 3. The minimum Gasteiger partial charge on any atom is -0.310 e. The van der Waals surface area contributed by atoms with Crippen LogP contribution in [0.2, 0.25) is 13.1 Å². The zero-order valence-corrected chi connectivity index (χ0v) is 27.3. The second kappa shape index (κ2) is 9.04. The normalized spacial score (nSPS) is 15.2. The van der Waals surface area contributed by atoms with Crippen molar-refractivity contribution in [3.8, 4) is 22.3 Å². The molecule has 2 heterocycles. The third-order valence-corrected chi connectivity index (χ3v) is 15.0. The van der Waals surface area contributed by atoms with Crippen LogP contribution >= 0.6 is 11.3 Å². The topological polar surface area (TPSA) is 3.24 Å². The molecule has 1 nitrogen and oxygen atoms in total. The molecule has 212 valence electrons. The van der Waals surface area contributed by atoms with Crippen LogP contribution in [0.25, 0.3) is 42.4 Å². The van der Waals surface area contributed by atoms with E-state index in [4.69, 9.17) is 0 Å². The highest BCUT2D eigenvalue weighted by atomic mass is 32.1. The molecule has 6 aromatic carbocycles. The molecule has 0 unspecified atom stereocenters. The van der Waals surface area contributed by atoms with Gasteiger partial charge < -0.3 is 4.90 Å². The van der Waals surface area contributed by atoms with E-state index >= 15 is 0 Å². The van der Waals surface area contributed by atoms with E-state index < -0.39 is 8.07 Å². The standard InChI is InChI=1S/C41H33NSSi/c1-41(2)32-17-10-8-16-30(32)38-33(41)18-12-19-34(38)42(26-13-6-5-7-14-26)27-21-22-31-37(25-27)44(3,4)36-24-23-29-28-15-9-11-20-35(28)43-40(29)39(31)36/h5-25H,1-4H3. The van der Waals surface area contributed by atoms with E-state index in [1.54, 1.807) is 5.19 Å². The highest BCUT2D eigenvalue weighted by Gasteiger charge is 2.41. The molecule has 0 spiro atoms. The fourth-order valence-electron chi connectivity index (χ4n) is 8.05. The van der Waals surface area contributed by atoms with Gasteiger partial charge in [0.15, 0.2) is 0 Å². The number of benzene rings is 6. The van der Waals surface area contributed by atoms with Gasteiger partial charge in [-0.25, -0.2) is 0 Å². The molecule has 44 heavy (non-hydrogen) atoms. The van der Waals surface area contributed by atoms with Gasteiger partial charge in [-0.1, -0.05) is 118 Å². The van der Waals surface area contributed by atoms with Gasteiger partial charge in [0.25, 0.3) is 0 Å². The molecule has 1 aromatic heterocycles. The largest absolute Gasteiger partial charge is 0.310 e. The number of anilines is 3. The van der Waals surface area contributed by atoms with Crippen LogP contribution in [-0.2, 0) is 5.41 Å². The number of nitrogens with zero attached hydrogens (tertiary/aromatic N) is 1. The SMILES string of the molecule is CC1(C)c2ccccc2-c2c(N(c3ccccc3)c3ccc4c(c3)[Si](C)(C)c3ccc5c(sc6ccccc65)c3-4)cccc21. The Morgan fingerprint density at radius 1 is 0.568 bits per heavy atom. The lowest BCUT2D eigenvalue weighted by Crippen LogP contribution is -2.49. The van der Waals surface area contributed by atoms with Gasteiger partial charge in [-0.3, -0.25) is 0 Å². The molecule has 0 saturated heterocycles. The van der Waals surface area contributed by atoms with E-state index in [1.807, 2.05) is 11.3 Å². The van der Waals surface area contributed by atoms with Gasteiger partial charge >= 0.3 is 0 Å². The molecule has 0 amide bonds. The molecule has 2 aliphatic rings. The van der Waals surface area contributed by atoms with Gasteiger partial charge in [-0.15, -0.1) is 11.3 Å². The molecule has 0 fully saturated rings. The van der Waals surface area contributed by atoms with Crippen molar-refractivity contribution in [2.24, 2.45) is 0 Å². The van der Waals surface area contributed by atoms with Crippen LogP contribution in [0.4, 0.5) is 17.1 Å². The first-order chi connectivity index (χ1) is 21.4. The summed E-state index contributed by atoms with van der Waals surface area (Å²) in [4.78, 5) is 2.50. The van der Waals surface area contributed by atoms with Crippen molar-refractivity contribution in [2.75, 3.05) is 4.90 Å². The Morgan fingerprint density at radius 3 is 2.18 bits per heavy atom.